The van der Waals surface area contributed by atoms with E-state index in [0.29, 0.717) is 28.9 Å². The number of aldehydes is 1. The van der Waals surface area contributed by atoms with Gasteiger partial charge in [-0.2, -0.15) is 0 Å². The van der Waals surface area contributed by atoms with Crippen molar-refractivity contribution in [2.75, 3.05) is 13.7 Å². The summed E-state index contributed by atoms with van der Waals surface area (Å²) in [5.41, 5.74) is 2.11. The van der Waals surface area contributed by atoms with Crippen LogP contribution < -0.4 is 4.74 Å². The van der Waals surface area contributed by atoms with Crippen molar-refractivity contribution in [3.05, 3.63) is 71.8 Å². The van der Waals surface area contributed by atoms with E-state index in [4.69, 9.17) is 9.47 Å². The summed E-state index contributed by atoms with van der Waals surface area (Å²) in [6.45, 7) is 2.87. The van der Waals surface area contributed by atoms with Gasteiger partial charge in [-0.3, -0.25) is 4.79 Å². The maximum atomic E-state index is 12.5. The normalized spacial score (nSPS) is 11.2. The fourth-order valence-electron chi connectivity index (χ4n) is 5.36. The number of ether oxygens (including phenoxy) is 2. The Kier molecular flexibility index (Phi) is 10.6. The largest absolute Gasteiger partial charge is 0.506 e. The van der Waals surface area contributed by atoms with Gasteiger partial charge in [0.25, 0.3) is 0 Å². The number of carbonyl (C=O) groups is 2. The monoisotopic (exact) mass is 540 g/mol. The Labute approximate surface area is 237 Å². The number of hydrogen-bond acceptors (Lipinski definition) is 5. The van der Waals surface area contributed by atoms with E-state index in [9.17, 15) is 14.7 Å². The second-order valence-corrected chi connectivity index (χ2v) is 10.5. The van der Waals surface area contributed by atoms with Crippen LogP contribution in [0, 0.1) is 0 Å². The minimum Gasteiger partial charge on any atom is -0.506 e. The lowest BCUT2D eigenvalue weighted by atomic mass is 9.91. The standard InChI is InChI=1S/C35H40O5/c1-3-4-5-6-7-8-9-10-11-14-19-40-28-17-18-30-32(22-28)31(23-33(34(30)37)35(38)39-2)26-20-25-15-12-13-16-29(25)27(21-26)24-36/h12-13,15-18,20-24,37H,3-11,14,19H2,1-2H3. The highest BCUT2D eigenvalue weighted by Crippen LogP contribution is 2.40. The zero-order chi connectivity index (χ0) is 28.3. The molecule has 0 saturated heterocycles. The van der Waals surface area contributed by atoms with Gasteiger partial charge < -0.3 is 14.6 Å². The van der Waals surface area contributed by atoms with Crippen LogP contribution in [0.5, 0.6) is 11.5 Å². The zero-order valence-corrected chi connectivity index (χ0v) is 23.7. The number of aromatic hydroxyl groups is 1. The minimum atomic E-state index is -0.627. The predicted molar refractivity (Wildman–Crippen MR) is 163 cm³/mol. The van der Waals surface area contributed by atoms with E-state index in [-0.39, 0.29) is 11.3 Å². The van der Waals surface area contributed by atoms with Gasteiger partial charge in [0.1, 0.15) is 17.1 Å². The number of benzene rings is 4. The zero-order valence-electron chi connectivity index (χ0n) is 23.7. The first-order chi connectivity index (χ1) is 19.6. The van der Waals surface area contributed by atoms with Crippen molar-refractivity contribution in [3.63, 3.8) is 0 Å². The summed E-state index contributed by atoms with van der Waals surface area (Å²) in [7, 11) is 1.29. The lowest BCUT2D eigenvalue weighted by Gasteiger charge is -2.15. The number of esters is 1. The van der Waals surface area contributed by atoms with Gasteiger partial charge in [0.05, 0.1) is 13.7 Å². The van der Waals surface area contributed by atoms with Crippen LogP contribution in [0.1, 0.15) is 91.8 Å². The molecular weight excluding hydrogens is 500 g/mol. The smallest absolute Gasteiger partial charge is 0.341 e. The van der Waals surface area contributed by atoms with Crippen LogP contribution in [-0.2, 0) is 4.74 Å². The Morgan fingerprint density at radius 3 is 2.20 bits per heavy atom. The summed E-state index contributed by atoms with van der Waals surface area (Å²) < 4.78 is 11.0. The molecule has 0 bridgehead atoms. The van der Waals surface area contributed by atoms with Gasteiger partial charge >= 0.3 is 5.97 Å². The Bertz CT molecular complexity index is 1460. The first kappa shape index (κ1) is 29.1. The lowest BCUT2D eigenvalue weighted by Crippen LogP contribution is -2.03. The third kappa shape index (κ3) is 7.01. The molecule has 0 aliphatic carbocycles. The summed E-state index contributed by atoms with van der Waals surface area (Å²) in [6.07, 6.45) is 13.5. The molecule has 5 heteroatoms. The Balaban J connectivity index is 1.54. The van der Waals surface area contributed by atoms with E-state index in [1.54, 1.807) is 12.1 Å². The molecular formula is C35H40O5. The fourth-order valence-corrected chi connectivity index (χ4v) is 5.36. The molecule has 1 N–H and O–H groups in total. The van der Waals surface area contributed by atoms with Crippen molar-refractivity contribution in [2.45, 2.75) is 71.1 Å². The average Bonchev–Trinajstić information content (AvgIpc) is 2.99. The van der Waals surface area contributed by atoms with Gasteiger partial charge in [0, 0.05) is 10.9 Å². The molecule has 0 spiro atoms. The van der Waals surface area contributed by atoms with Crippen molar-refractivity contribution in [1.29, 1.82) is 0 Å². The second-order valence-electron chi connectivity index (χ2n) is 10.5. The van der Waals surface area contributed by atoms with Crippen molar-refractivity contribution < 1.29 is 24.2 Å². The molecule has 5 nitrogen and oxygen atoms in total. The fraction of sp³-hybridized carbons (Fsp3) is 0.371. The second kappa shape index (κ2) is 14.5. The van der Waals surface area contributed by atoms with Gasteiger partial charge in [0.15, 0.2) is 6.29 Å². The molecule has 0 aliphatic heterocycles. The van der Waals surface area contributed by atoms with E-state index in [1.807, 2.05) is 48.5 Å². The van der Waals surface area contributed by atoms with Gasteiger partial charge in [-0.15, -0.1) is 0 Å². The maximum Gasteiger partial charge on any atom is 0.341 e. The third-order valence-corrected chi connectivity index (χ3v) is 7.58. The Morgan fingerprint density at radius 1 is 0.800 bits per heavy atom. The van der Waals surface area contributed by atoms with Crippen LogP contribution in [0.4, 0.5) is 0 Å². The topological polar surface area (TPSA) is 72.8 Å². The van der Waals surface area contributed by atoms with Crippen LogP contribution >= 0.6 is 0 Å². The molecule has 40 heavy (non-hydrogen) atoms. The maximum absolute atomic E-state index is 12.5. The molecule has 0 unspecified atom stereocenters. The van der Waals surface area contributed by atoms with Crippen molar-refractivity contribution >= 4 is 33.8 Å². The minimum absolute atomic E-state index is 0.0739. The van der Waals surface area contributed by atoms with Gasteiger partial charge in [-0.1, -0.05) is 89.0 Å². The Hall–Kier alpha value is -3.86. The van der Waals surface area contributed by atoms with Gasteiger partial charge in [-0.25, -0.2) is 4.79 Å². The Morgan fingerprint density at radius 2 is 1.50 bits per heavy atom. The molecule has 210 valence electrons. The molecule has 0 amide bonds. The van der Waals surface area contributed by atoms with E-state index in [2.05, 4.69) is 6.92 Å². The third-order valence-electron chi connectivity index (χ3n) is 7.58. The van der Waals surface area contributed by atoms with E-state index in [1.165, 1.54) is 58.5 Å². The lowest BCUT2D eigenvalue weighted by molar-refractivity contribution is 0.0597. The average molecular weight is 541 g/mol. The molecule has 4 aromatic carbocycles. The number of methoxy groups -OCH3 is 1. The highest BCUT2D eigenvalue weighted by atomic mass is 16.5. The number of hydrogen-bond donors (Lipinski definition) is 1. The molecule has 0 heterocycles. The molecule has 0 radical (unpaired) electrons. The van der Waals surface area contributed by atoms with E-state index >= 15 is 0 Å². The number of phenolic OH excluding ortho intramolecular Hbond substituents is 1. The summed E-state index contributed by atoms with van der Waals surface area (Å²) in [5, 5.41) is 14.0. The summed E-state index contributed by atoms with van der Waals surface area (Å²) in [6, 6.07) is 18.6. The molecule has 0 atom stereocenters. The van der Waals surface area contributed by atoms with Crippen LogP contribution in [0.15, 0.2) is 60.7 Å². The van der Waals surface area contributed by atoms with Crippen molar-refractivity contribution in [1.82, 2.24) is 0 Å². The highest BCUT2D eigenvalue weighted by molar-refractivity contribution is 6.10. The molecule has 0 fully saturated rings. The molecule has 4 aromatic rings. The summed E-state index contributed by atoms with van der Waals surface area (Å²) in [4.78, 5) is 24.5. The first-order valence-electron chi connectivity index (χ1n) is 14.6. The quantitative estimate of drug-likeness (QED) is 0.0924. The van der Waals surface area contributed by atoms with Crippen LogP contribution in [0.3, 0.4) is 0 Å². The number of carbonyl (C=O) groups excluding carboxylic acids is 2. The first-order valence-corrected chi connectivity index (χ1v) is 14.6. The van der Waals surface area contributed by atoms with E-state index < -0.39 is 5.97 Å². The van der Waals surface area contributed by atoms with Crippen LogP contribution in [0.2, 0.25) is 0 Å². The SMILES string of the molecule is CCCCCCCCCCCCOc1ccc2c(O)c(C(=O)OC)cc(-c3cc(C=O)c4ccccc4c3)c2c1. The summed E-state index contributed by atoms with van der Waals surface area (Å²) in [5.74, 6) is -0.0622. The molecule has 0 saturated carbocycles. The number of phenols is 1. The molecule has 0 aliphatic rings. The van der Waals surface area contributed by atoms with Crippen LogP contribution in [0.25, 0.3) is 32.7 Å². The van der Waals surface area contributed by atoms with Crippen LogP contribution in [-0.4, -0.2) is 31.1 Å². The summed E-state index contributed by atoms with van der Waals surface area (Å²) >= 11 is 0. The molecule has 0 aromatic heterocycles. The van der Waals surface area contributed by atoms with Crippen molar-refractivity contribution in [3.8, 4) is 22.6 Å². The molecule has 4 rings (SSSR count). The van der Waals surface area contributed by atoms with Gasteiger partial charge in [-0.05, 0) is 70.1 Å². The predicted octanol–water partition coefficient (Wildman–Crippen LogP) is 9.26. The van der Waals surface area contributed by atoms with E-state index in [0.717, 1.165) is 40.8 Å². The number of rotatable bonds is 15. The highest BCUT2D eigenvalue weighted by Gasteiger charge is 2.20. The van der Waals surface area contributed by atoms with Crippen molar-refractivity contribution in [2.24, 2.45) is 0 Å². The van der Waals surface area contributed by atoms with Gasteiger partial charge in [0.2, 0.25) is 0 Å². The number of unbranched alkanes of at least 4 members (excludes halogenated alkanes) is 9. The number of fused-ring (bicyclic) bond motifs is 2.